The Morgan fingerprint density at radius 3 is 2.43 bits per heavy atom. The van der Waals surface area contributed by atoms with Gasteiger partial charge in [0.15, 0.2) is 0 Å². The lowest BCUT2D eigenvalue weighted by Crippen LogP contribution is -2.40. The van der Waals surface area contributed by atoms with E-state index in [9.17, 15) is 5.11 Å². The number of rotatable bonds is 10. The number of nitrogens with zero attached hydrogens (tertiary/aromatic N) is 1. The van der Waals surface area contributed by atoms with Crippen molar-refractivity contribution in [3.05, 3.63) is 65.2 Å². The Bertz CT molecular complexity index is 727. The second kappa shape index (κ2) is 10.1. The molecule has 1 N–H and O–H groups in total. The third kappa shape index (κ3) is 6.65. The first kappa shape index (κ1) is 22.4. The molecule has 2 atom stereocenters. The molecule has 0 saturated heterocycles. The van der Waals surface area contributed by atoms with Gasteiger partial charge in [0, 0.05) is 12.6 Å². The molecule has 0 saturated carbocycles. The molecule has 154 valence electrons. The molecule has 0 fully saturated rings. The van der Waals surface area contributed by atoms with Gasteiger partial charge in [0.25, 0.3) is 0 Å². The number of aliphatic hydroxyl groups is 1. The summed E-state index contributed by atoms with van der Waals surface area (Å²) in [4.78, 5) is 2.27. The first-order valence-corrected chi connectivity index (χ1v) is 10.3. The Labute approximate surface area is 171 Å². The Morgan fingerprint density at radius 2 is 1.75 bits per heavy atom. The Balaban J connectivity index is 1.81. The van der Waals surface area contributed by atoms with Crippen molar-refractivity contribution in [1.29, 1.82) is 0 Å². The Hall–Kier alpha value is -1.84. The lowest BCUT2D eigenvalue weighted by molar-refractivity contribution is 0.0497. The van der Waals surface area contributed by atoms with Crippen LogP contribution in [0.1, 0.15) is 56.4 Å². The van der Waals surface area contributed by atoms with Gasteiger partial charge in [0.05, 0.1) is 12.7 Å². The number of benzene rings is 2. The number of ether oxygens (including phenoxy) is 1. The first-order chi connectivity index (χ1) is 13.2. The lowest BCUT2D eigenvalue weighted by atomic mass is 9.86. The summed E-state index contributed by atoms with van der Waals surface area (Å²) in [5, 5.41) is 10.7. The van der Waals surface area contributed by atoms with Crippen LogP contribution < -0.4 is 4.74 Å². The predicted octanol–water partition coefficient (Wildman–Crippen LogP) is 5.54. The number of hydrogen-bond donors (Lipinski definition) is 1. The lowest BCUT2D eigenvalue weighted by Gasteiger charge is -2.36. The molecule has 0 aliphatic carbocycles. The van der Waals surface area contributed by atoms with Crippen molar-refractivity contribution in [3.63, 3.8) is 0 Å². The predicted molar refractivity (Wildman–Crippen MR) is 118 cm³/mol. The maximum Gasteiger partial charge on any atom is 0.122 e. The number of likely N-dealkylation sites (N-methyl/N-ethyl adjacent to an activating group) is 1. The topological polar surface area (TPSA) is 32.7 Å². The maximum absolute atomic E-state index is 10.7. The SMILES string of the molecule is Cc1ccc(C)c(OCCCC(C)(C)CN(C)C(C)C(O)c2ccccc2)c1. The summed E-state index contributed by atoms with van der Waals surface area (Å²) in [5.74, 6) is 0.995. The summed E-state index contributed by atoms with van der Waals surface area (Å²) >= 11 is 0. The van der Waals surface area contributed by atoms with Gasteiger partial charge in [-0.15, -0.1) is 0 Å². The van der Waals surface area contributed by atoms with Gasteiger partial charge in [0.1, 0.15) is 5.75 Å². The largest absolute Gasteiger partial charge is 0.493 e. The number of aliphatic hydroxyl groups excluding tert-OH is 1. The molecule has 2 aromatic rings. The highest BCUT2D eigenvalue weighted by atomic mass is 16.5. The summed E-state index contributed by atoms with van der Waals surface area (Å²) in [6.45, 7) is 12.5. The van der Waals surface area contributed by atoms with E-state index in [4.69, 9.17) is 4.74 Å². The molecule has 0 spiro atoms. The summed E-state index contributed by atoms with van der Waals surface area (Å²) in [5.41, 5.74) is 3.55. The molecule has 3 heteroatoms. The molecule has 0 heterocycles. The van der Waals surface area contributed by atoms with Crippen molar-refractivity contribution in [1.82, 2.24) is 4.90 Å². The van der Waals surface area contributed by atoms with Crippen LogP contribution in [0, 0.1) is 19.3 Å². The van der Waals surface area contributed by atoms with Gasteiger partial charge < -0.3 is 14.7 Å². The summed E-state index contributed by atoms with van der Waals surface area (Å²) in [6, 6.07) is 16.3. The molecule has 0 aliphatic rings. The Kier molecular flexibility index (Phi) is 8.09. The average Bonchev–Trinajstić information content (AvgIpc) is 2.67. The zero-order valence-electron chi connectivity index (χ0n) is 18.4. The van der Waals surface area contributed by atoms with Crippen molar-refractivity contribution >= 4 is 0 Å². The van der Waals surface area contributed by atoms with Crippen LogP contribution >= 0.6 is 0 Å². The average molecular weight is 384 g/mol. The van der Waals surface area contributed by atoms with E-state index in [1.807, 2.05) is 30.3 Å². The van der Waals surface area contributed by atoms with Gasteiger partial charge in [-0.1, -0.05) is 56.3 Å². The van der Waals surface area contributed by atoms with E-state index in [2.05, 4.69) is 64.8 Å². The highest BCUT2D eigenvalue weighted by molar-refractivity contribution is 5.35. The van der Waals surface area contributed by atoms with Crippen molar-refractivity contribution in [3.8, 4) is 5.75 Å². The number of hydrogen-bond acceptors (Lipinski definition) is 3. The van der Waals surface area contributed by atoms with E-state index in [1.54, 1.807) is 0 Å². The quantitative estimate of drug-likeness (QED) is 0.547. The number of aryl methyl sites for hydroxylation is 2. The Morgan fingerprint density at radius 1 is 1.07 bits per heavy atom. The van der Waals surface area contributed by atoms with E-state index < -0.39 is 6.10 Å². The maximum atomic E-state index is 10.7. The van der Waals surface area contributed by atoms with E-state index in [0.717, 1.165) is 37.3 Å². The molecule has 2 rings (SSSR count). The van der Waals surface area contributed by atoms with Crippen LogP contribution in [0.2, 0.25) is 0 Å². The normalized spacial score (nSPS) is 14.1. The molecule has 2 unspecified atom stereocenters. The molecule has 0 amide bonds. The summed E-state index contributed by atoms with van der Waals surface area (Å²) < 4.78 is 6.01. The molecular formula is C25H37NO2. The second-order valence-corrected chi connectivity index (χ2v) is 8.90. The molecule has 0 aromatic heterocycles. The minimum absolute atomic E-state index is 0.0628. The van der Waals surface area contributed by atoms with Crippen LogP contribution in [0.25, 0.3) is 0 Å². The first-order valence-electron chi connectivity index (χ1n) is 10.3. The fourth-order valence-electron chi connectivity index (χ4n) is 3.66. The summed E-state index contributed by atoms with van der Waals surface area (Å²) in [7, 11) is 2.10. The minimum Gasteiger partial charge on any atom is -0.493 e. The van der Waals surface area contributed by atoms with Crippen LogP contribution in [-0.4, -0.2) is 36.2 Å². The zero-order valence-corrected chi connectivity index (χ0v) is 18.4. The zero-order chi connectivity index (χ0) is 20.7. The van der Waals surface area contributed by atoms with E-state index >= 15 is 0 Å². The van der Waals surface area contributed by atoms with E-state index in [-0.39, 0.29) is 11.5 Å². The molecule has 0 radical (unpaired) electrons. The van der Waals surface area contributed by atoms with Crippen molar-refractivity contribution < 1.29 is 9.84 Å². The van der Waals surface area contributed by atoms with Crippen LogP contribution in [0.15, 0.2) is 48.5 Å². The minimum atomic E-state index is -0.477. The molecule has 0 bridgehead atoms. The van der Waals surface area contributed by atoms with Crippen molar-refractivity contribution in [2.45, 2.75) is 59.6 Å². The van der Waals surface area contributed by atoms with Gasteiger partial charge in [-0.05, 0) is 68.8 Å². The van der Waals surface area contributed by atoms with Crippen LogP contribution in [-0.2, 0) is 0 Å². The van der Waals surface area contributed by atoms with E-state index in [1.165, 1.54) is 11.1 Å². The van der Waals surface area contributed by atoms with Gasteiger partial charge in [-0.3, -0.25) is 0 Å². The highest BCUT2D eigenvalue weighted by Crippen LogP contribution is 2.28. The van der Waals surface area contributed by atoms with Crippen LogP contribution in [0.5, 0.6) is 5.75 Å². The van der Waals surface area contributed by atoms with E-state index in [0.29, 0.717) is 0 Å². The van der Waals surface area contributed by atoms with Crippen LogP contribution in [0.4, 0.5) is 0 Å². The van der Waals surface area contributed by atoms with Gasteiger partial charge in [-0.25, -0.2) is 0 Å². The van der Waals surface area contributed by atoms with Gasteiger partial charge >= 0.3 is 0 Å². The molecule has 2 aromatic carbocycles. The fraction of sp³-hybridized carbons (Fsp3) is 0.520. The molecular weight excluding hydrogens is 346 g/mol. The van der Waals surface area contributed by atoms with Gasteiger partial charge in [-0.2, -0.15) is 0 Å². The fourth-order valence-corrected chi connectivity index (χ4v) is 3.66. The standard InChI is InChI=1S/C25H37NO2/c1-19-13-14-20(2)23(17-19)28-16-10-15-25(4,5)18-26(6)21(3)24(27)22-11-8-7-9-12-22/h7-9,11-14,17,21,24,27H,10,15-16,18H2,1-6H3. The third-order valence-electron chi connectivity index (χ3n) is 5.57. The highest BCUT2D eigenvalue weighted by Gasteiger charge is 2.26. The van der Waals surface area contributed by atoms with Crippen LogP contribution in [0.3, 0.4) is 0 Å². The monoisotopic (exact) mass is 383 g/mol. The van der Waals surface area contributed by atoms with Crippen molar-refractivity contribution in [2.75, 3.05) is 20.2 Å². The molecule has 3 nitrogen and oxygen atoms in total. The second-order valence-electron chi connectivity index (χ2n) is 8.90. The summed E-state index contributed by atoms with van der Waals surface area (Å²) in [6.07, 6.45) is 1.62. The molecule has 0 aliphatic heterocycles. The third-order valence-corrected chi connectivity index (χ3v) is 5.57. The van der Waals surface area contributed by atoms with Gasteiger partial charge in [0.2, 0.25) is 0 Å². The smallest absolute Gasteiger partial charge is 0.122 e. The molecule has 28 heavy (non-hydrogen) atoms. The van der Waals surface area contributed by atoms with Crippen molar-refractivity contribution in [2.24, 2.45) is 5.41 Å².